The van der Waals surface area contributed by atoms with E-state index in [4.69, 9.17) is 15.2 Å². The van der Waals surface area contributed by atoms with Gasteiger partial charge in [0.25, 0.3) is 0 Å². The zero-order valence-electron chi connectivity index (χ0n) is 9.99. The predicted octanol–water partition coefficient (Wildman–Crippen LogP) is 1.64. The first-order valence-corrected chi connectivity index (χ1v) is 5.67. The van der Waals surface area contributed by atoms with Gasteiger partial charge in [0.15, 0.2) is 17.3 Å². The third-order valence-electron chi connectivity index (χ3n) is 2.75. The molecule has 2 aromatic rings. The van der Waals surface area contributed by atoms with Crippen molar-refractivity contribution in [2.45, 2.75) is 13.5 Å². The molecular weight excluding hydrogens is 232 g/mol. The molecule has 0 aliphatic carbocycles. The van der Waals surface area contributed by atoms with Crippen molar-refractivity contribution >= 4 is 11.6 Å². The van der Waals surface area contributed by atoms with Crippen LogP contribution in [0.4, 0.5) is 11.6 Å². The molecule has 18 heavy (non-hydrogen) atoms. The lowest BCUT2D eigenvalue weighted by molar-refractivity contribution is 0.174. The van der Waals surface area contributed by atoms with Gasteiger partial charge in [-0.25, -0.2) is 4.98 Å². The molecule has 1 aliphatic heterocycles. The van der Waals surface area contributed by atoms with E-state index < -0.39 is 0 Å². The van der Waals surface area contributed by atoms with E-state index in [0.717, 1.165) is 22.9 Å². The second kappa shape index (κ2) is 4.14. The molecule has 1 aliphatic rings. The van der Waals surface area contributed by atoms with Crippen molar-refractivity contribution in [1.82, 2.24) is 9.97 Å². The molecule has 0 radical (unpaired) electrons. The summed E-state index contributed by atoms with van der Waals surface area (Å²) in [5.74, 6) is 3.58. The molecule has 2 heterocycles. The number of aromatic amines is 1. The molecule has 0 amide bonds. The van der Waals surface area contributed by atoms with Crippen molar-refractivity contribution in [2.75, 3.05) is 17.8 Å². The number of imidazole rings is 1. The third kappa shape index (κ3) is 1.92. The lowest BCUT2D eigenvalue weighted by Gasteiger charge is -2.05. The van der Waals surface area contributed by atoms with Crippen LogP contribution in [0.5, 0.6) is 11.5 Å². The molecule has 1 aromatic carbocycles. The van der Waals surface area contributed by atoms with Crippen LogP contribution in [0.15, 0.2) is 18.2 Å². The van der Waals surface area contributed by atoms with Crippen molar-refractivity contribution < 1.29 is 9.47 Å². The number of ether oxygens (including phenoxy) is 2. The summed E-state index contributed by atoms with van der Waals surface area (Å²) < 4.78 is 10.6. The molecule has 0 atom stereocenters. The first-order valence-electron chi connectivity index (χ1n) is 5.67. The topological polar surface area (TPSA) is 85.2 Å². The van der Waals surface area contributed by atoms with Gasteiger partial charge in [-0.3, -0.25) is 0 Å². The summed E-state index contributed by atoms with van der Waals surface area (Å²) in [5.41, 5.74) is 6.85. The Kier molecular flexibility index (Phi) is 2.47. The molecule has 3 rings (SSSR count). The molecule has 6 heteroatoms. The summed E-state index contributed by atoms with van der Waals surface area (Å²) in [6, 6.07) is 5.83. The Hall–Kier alpha value is -2.37. The van der Waals surface area contributed by atoms with E-state index in [0.29, 0.717) is 18.2 Å². The molecule has 6 nitrogen and oxygen atoms in total. The SMILES string of the molecule is Cc1nc(NCc2ccc3c(c2)OCO3)c(N)[nH]1. The van der Waals surface area contributed by atoms with Crippen molar-refractivity contribution in [1.29, 1.82) is 0 Å². The van der Waals surface area contributed by atoms with Gasteiger partial charge in [0.2, 0.25) is 6.79 Å². The maximum atomic E-state index is 5.77. The van der Waals surface area contributed by atoms with E-state index in [-0.39, 0.29) is 6.79 Å². The molecule has 4 N–H and O–H groups in total. The summed E-state index contributed by atoms with van der Waals surface area (Å²) in [6.07, 6.45) is 0. The minimum atomic E-state index is 0.289. The van der Waals surface area contributed by atoms with Crippen LogP contribution in [0.25, 0.3) is 0 Å². The van der Waals surface area contributed by atoms with Crippen molar-refractivity contribution in [2.24, 2.45) is 0 Å². The quantitative estimate of drug-likeness (QED) is 0.766. The normalized spacial score (nSPS) is 12.7. The minimum absolute atomic E-state index is 0.289. The van der Waals surface area contributed by atoms with Crippen molar-refractivity contribution in [3.05, 3.63) is 29.6 Å². The maximum absolute atomic E-state index is 5.77. The first-order chi connectivity index (χ1) is 8.72. The highest BCUT2D eigenvalue weighted by Gasteiger charge is 2.13. The van der Waals surface area contributed by atoms with E-state index in [9.17, 15) is 0 Å². The molecule has 0 saturated heterocycles. The number of hydrogen-bond donors (Lipinski definition) is 3. The van der Waals surface area contributed by atoms with Crippen LogP contribution in [0.3, 0.4) is 0 Å². The molecule has 0 unspecified atom stereocenters. The standard InChI is InChI=1S/C12H14N4O2/c1-7-15-11(13)12(16-7)14-5-8-2-3-9-10(4-8)18-6-17-9/h2-4,14H,5-6,13H2,1H3,(H,15,16). The highest BCUT2D eigenvalue weighted by Crippen LogP contribution is 2.32. The van der Waals surface area contributed by atoms with Crippen LogP contribution in [-0.4, -0.2) is 16.8 Å². The fourth-order valence-corrected chi connectivity index (χ4v) is 1.88. The maximum Gasteiger partial charge on any atom is 0.231 e. The van der Waals surface area contributed by atoms with Crippen LogP contribution in [0, 0.1) is 6.92 Å². The number of aryl methyl sites for hydroxylation is 1. The lowest BCUT2D eigenvalue weighted by Crippen LogP contribution is -2.02. The van der Waals surface area contributed by atoms with Gasteiger partial charge in [0.05, 0.1) is 0 Å². The van der Waals surface area contributed by atoms with Crippen LogP contribution in [0.1, 0.15) is 11.4 Å². The van der Waals surface area contributed by atoms with Gasteiger partial charge in [-0.2, -0.15) is 0 Å². The van der Waals surface area contributed by atoms with Gasteiger partial charge in [0, 0.05) is 6.54 Å². The summed E-state index contributed by atoms with van der Waals surface area (Å²) in [7, 11) is 0. The third-order valence-corrected chi connectivity index (χ3v) is 2.75. The molecule has 0 bridgehead atoms. The second-order valence-corrected chi connectivity index (χ2v) is 4.13. The number of nitrogens with one attached hydrogen (secondary N) is 2. The number of nitrogen functional groups attached to an aromatic ring is 1. The number of benzene rings is 1. The van der Waals surface area contributed by atoms with E-state index in [2.05, 4.69) is 15.3 Å². The fourth-order valence-electron chi connectivity index (χ4n) is 1.88. The van der Waals surface area contributed by atoms with E-state index in [1.807, 2.05) is 25.1 Å². The van der Waals surface area contributed by atoms with Crippen molar-refractivity contribution in [3.8, 4) is 11.5 Å². The average molecular weight is 246 g/mol. The van der Waals surface area contributed by atoms with Gasteiger partial charge >= 0.3 is 0 Å². The molecular formula is C12H14N4O2. The molecule has 0 spiro atoms. The summed E-state index contributed by atoms with van der Waals surface area (Å²) >= 11 is 0. The average Bonchev–Trinajstić information content (AvgIpc) is 2.92. The van der Waals surface area contributed by atoms with Gasteiger partial charge in [-0.1, -0.05) is 6.07 Å². The van der Waals surface area contributed by atoms with Crippen LogP contribution >= 0.6 is 0 Å². The van der Waals surface area contributed by atoms with Crippen LogP contribution in [0.2, 0.25) is 0 Å². The lowest BCUT2D eigenvalue weighted by atomic mass is 10.2. The number of nitrogens with two attached hydrogens (primary N) is 1. The highest BCUT2D eigenvalue weighted by molar-refractivity contribution is 5.57. The summed E-state index contributed by atoms with van der Waals surface area (Å²) in [6.45, 7) is 2.78. The van der Waals surface area contributed by atoms with E-state index in [1.54, 1.807) is 0 Å². The van der Waals surface area contributed by atoms with E-state index in [1.165, 1.54) is 0 Å². The van der Waals surface area contributed by atoms with Crippen LogP contribution < -0.4 is 20.5 Å². The largest absolute Gasteiger partial charge is 0.454 e. The first kappa shape index (κ1) is 10.8. The second-order valence-electron chi connectivity index (χ2n) is 4.13. The van der Waals surface area contributed by atoms with Crippen molar-refractivity contribution in [3.63, 3.8) is 0 Å². The van der Waals surface area contributed by atoms with E-state index >= 15 is 0 Å². The molecule has 0 fully saturated rings. The Morgan fingerprint density at radius 1 is 1.39 bits per heavy atom. The number of nitrogens with zero attached hydrogens (tertiary/aromatic N) is 1. The zero-order valence-corrected chi connectivity index (χ0v) is 9.99. The Morgan fingerprint density at radius 2 is 2.22 bits per heavy atom. The monoisotopic (exact) mass is 246 g/mol. The number of aromatic nitrogens is 2. The Morgan fingerprint density at radius 3 is 3.00 bits per heavy atom. The Balaban J connectivity index is 1.72. The number of hydrogen-bond acceptors (Lipinski definition) is 5. The summed E-state index contributed by atoms with van der Waals surface area (Å²) in [4.78, 5) is 7.20. The predicted molar refractivity (Wildman–Crippen MR) is 67.6 cm³/mol. The molecule has 1 aromatic heterocycles. The zero-order chi connectivity index (χ0) is 12.5. The molecule has 0 saturated carbocycles. The number of rotatable bonds is 3. The minimum Gasteiger partial charge on any atom is -0.454 e. The van der Waals surface area contributed by atoms with Gasteiger partial charge in [0.1, 0.15) is 11.6 Å². The Labute approximate surface area is 104 Å². The fraction of sp³-hybridized carbons (Fsp3) is 0.250. The highest BCUT2D eigenvalue weighted by atomic mass is 16.7. The number of anilines is 2. The summed E-state index contributed by atoms with van der Waals surface area (Å²) in [5, 5.41) is 3.18. The van der Waals surface area contributed by atoms with Gasteiger partial charge in [-0.05, 0) is 24.6 Å². The molecule has 94 valence electrons. The smallest absolute Gasteiger partial charge is 0.231 e. The van der Waals surface area contributed by atoms with Gasteiger partial charge in [-0.15, -0.1) is 0 Å². The number of H-pyrrole nitrogens is 1. The van der Waals surface area contributed by atoms with Gasteiger partial charge < -0.3 is 25.5 Å². The Bertz CT molecular complexity index is 579. The van der Waals surface area contributed by atoms with Crippen LogP contribution in [-0.2, 0) is 6.54 Å². The number of fused-ring (bicyclic) bond motifs is 1.